The second-order valence-electron chi connectivity index (χ2n) is 20.3. The van der Waals surface area contributed by atoms with E-state index in [1.54, 1.807) is 14.2 Å². The van der Waals surface area contributed by atoms with Gasteiger partial charge < -0.3 is 28.4 Å². The van der Waals surface area contributed by atoms with Crippen LogP contribution in [0.15, 0.2) is 35.3 Å². The Kier molecular flexibility index (Phi) is 22.6. The first kappa shape index (κ1) is 60.4. The van der Waals surface area contributed by atoms with Gasteiger partial charge in [0.2, 0.25) is 0 Å². The molecule has 5 atom stereocenters. The molecule has 2 aromatic carbocycles. The quantitative estimate of drug-likeness (QED) is 0.211. The zero-order valence-electron chi connectivity index (χ0n) is 48.5. The molecule has 2 saturated heterocycles. The molecule has 5 unspecified atom stereocenters. The molecule has 72 heavy (non-hydrogen) atoms. The van der Waals surface area contributed by atoms with Crippen LogP contribution < -0.4 is 18.9 Å². The molecular formula is C60H96N6O6. The van der Waals surface area contributed by atoms with Crippen molar-refractivity contribution in [3.05, 3.63) is 68.7 Å². The zero-order chi connectivity index (χ0) is 53.7. The van der Waals surface area contributed by atoms with Crippen molar-refractivity contribution in [3.63, 3.8) is 0 Å². The number of ether oxygens (including phenoxy) is 6. The summed E-state index contributed by atoms with van der Waals surface area (Å²) in [5.74, 6) is 2.68. The van der Waals surface area contributed by atoms with Gasteiger partial charge in [-0.2, -0.15) is 10.5 Å². The Hall–Kier alpha value is -4.14. The van der Waals surface area contributed by atoms with Gasteiger partial charge in [0.15, 0.2) is 34.5 Å². The predicted octanol–water partition coefficient (Wildman–Crippen LogP) is 11.8. The lowest BCUT2D eigenvalue weighted by molar-refractivity contribution is 0.0398. The molecule has 9 rings (SSSR count). The smallest absolute Gasteiger partial charge is 0.174 e. The molecule has 0 N–H and O–H groups in total. The molecule has 0 saturated carbocycles. The highest BCUT2D eigenvalue weighted by molar-refractivity contribution is 5.72. The van der Waals surface area contributed by atoms with Crippen LogP contribution in [0, 0.1) is 34.5 Å². The van der Waals surface area contributed by atoms with E-state index in [0.717, 1.165) is 121 Å². The highest BCUT2D eigenvalue weighted by Gasteiger charge is 2.60. The molecule has 402 valence electrons. The molecule has 0 radical (unpaired) electrons. The first-order chi connectivity index (χ1) is 34.7. The van der Waals surface area contributed by atoms with Gasteiger partial charge in [0.25, 0.3) is 0 Å². The summed E-state index contributed by atoms with van der Waals surface area (Å²) in [7, 11) is 3.54. The van der Waals surface area contributed by atoms with Gasteiger partial charge in [-0.1, -0.05) is 109 Å². The van der Waals surface area contributed by atoms with Crippen LogP contribution in [-0.4, -0.2) is 125 Å². The lowest BCUT2D eigenvalue weighted by atomic mass is 9.70. The maximum absolute atomic E-state index is 10.5. The number of rotatable bonds is 10. The average Bonchev–Trinajstić information content (AvgIpc) is 3.76. The number of allylic oxidation sites excluding steroid dienone is 2. The number of fused-ring (bicyclic) bond motifs is 6. The highest BCUT2D eigenvalue weighted by Crippen LogP contribution is 2.68. The van der Waals surface area contributed by atoms with E-state index in [4.69, 9.17) is 28.4 Å². The van der Waals surface area contributed by atoms with Crippen LogP contribution in [0.5, 0.6) is 23.0 Å². The normalized spacial score (nSPS) is 25.3. The van der Waals surface area contributed by atoms with Crippen LogP contribution in [0.3, 0.4) is 0 Å². The van der Waals surface area contributed by atoms with Gasteiger partial charge in [-0.15, -0.1) is 0 Å². The van der Waals surface area contributed by atoms with Crippen LogP contribution >= 0.6 is 0 Å². The Bertz CT molecular complexity index is 2240. The average molecular weight is 997 g/mol. The predicted molar refractivity (Wildman–Crippen MR) is 293 cm³/mol. The zero-order valence-corrected chi connectivity index (χ0v) is 48.5. The third-order valence-corrected chi connectivity index (χ3v) is 15.2. The van der Waals surface area contributed by atoms with Gasteiger partial charge >= 0.3 is 0 Å². The molecule has 2 fully saturated rings. The summed E-state index contributed by atoms with van der Waals surface area (Å²) in [5, 5.41) is 20.9. The minimum absolute atomic E-state index is 0.0666. The Morgan fingerprint density at radius 1 is 0.583 bits per heavy atom. The monoisotopic (exact) mass is 997 g/mol. The number of piperazine rings is 2. The van der Waals surface area contributed by atoms with Gasteiger partial charge in [-0.25, -0.2) is 0 Å². The second-order valence-corrected chi connectivity index (χ2v) is 20.3. The summed E-state index contributed by atoms with van der Waals surface area (Å²) in [6.45, 7) is 48.1. The van der Waals surface area contributed by atoms with Crippen molar-refractivity contribution in [2.75, 3.05) is 92.9 Å². The first-order valence-corrected chi connectivity index (χ1v) is 27.9. The molecule has 1 spiro atoms. The summed E-state index contributed by atoms with van der Waals surface area (Å²) < 4.78 is 38.7. The highest BCUT2D eigenvalue weighted by atomic mass is 16.6. The van der Waals surface area contributed by atoms with Gasteiger partial charge in [0, 0.05) is 109 Å². The number of methoxy groups -OCH3 is 2. The standard InChI is InChI=1S/C50H66N6O6.5C2H6/c1-31-22-34(25-51)44-47(35(31)26-52)61-41-24-39-43(37(46(41)62-44)28-56-16-12-54(13-17-56)19-21-58-9)50(30-49(39,6)7)29-48(4,5)38-23-40-45(60-33(3)32(2)59-40)36(42(38)50)27-55-14-10-53(11-15-55)18-20-57-8;5*1-2/h22-24,32-35H,10-21,27-30H2,1-9H3;5*1-2H3. The third kappa shape index (κ3) is 12.0. The van der Waals surface area contributed by atoms with E-state index in [2.05, 4.69) is 85.4 Å². The van der Waals surface area contributed by atoms with E-state index >= 15 is 0 Å². The molecule has 0 aromatic heterocycles. The van der Waals surface area contributed by atoms with E-state index < -0.39 is 11.8 Å². The van der Waals surface area contributed by atoms with Crippen LogP contribution in [-0.2, 0) is 38.8 Å². The number of nitriles is 2. The molecule has 3 aliphatic carbocycles. The Morgan fingerprint density at radius 3 is 1.46 bits per heavy atom. The summed E-state index contributed by atoms with van der Waals surface area (Å²) in [4.78, 5) is 10.2. The fourth-order valence-electron chi connectivity index (χ4n) is 11.9. The lowest BCUT2D eigenvalue weighted by Crippen LogP contribution is -2.47. The molecular weight excluding hydrogens is 901 g/mol. The second kappa shape index (κ2) is 26.9. The van der Waals surface area contributed by atoms with Crippen molar-refractivity contribution in [1.82, 2.24) is 19.6 Å². The first-order valence-electron chi connectivity index (χ1n) is 27.9. The van der Waals surface area contributed by atoms with E-state index in [0.29, 0.717) is 29.6 Å². The number of hydrogen-bond donors (Lipinski definition) is 0. The van der Waals surface area contributed by atoms with Crippen LogP contribution in [0.4, 0.5) is 0 Å². The van der Waals surface area contributed by atoms with Gasteiger partial charge in [-0.3, -0.25) is 19.6 Å². The van der Waals surface area contributed by atoms with Crippen molar-refractivity contribution in [2.24, 2.45) is 11.8 Å². The Balaban J connectivity index is 0.00000106. The fourth-order valence-corrected chi connectivity index (χ4v) is 11.9. The fraction of sp³-hybridized carbons (Fsp3) is 0.700. The maximum atomic E-state index is 10.5. The van der Waals surface area contributed by atoms with Gasteiger partial charge in [0.05, 0.1) is 25.4 Å². The molecule has 2 aromatic rings. The number of benzene rings is 2. The maximum Gasteiger partial charge on any atom is 0.174 e. The van der Waals surface area contributed by atoms with Gasteiger partial charge in [0.1, 0.15) is 24.0 Å². The molecule has 4 heterocycles. The SMILES string of the molecule is CC.CC.CC.CC.CC.COCCN1CCN(Cc2c3c(cc4c2C2(CC4(C)C)CC(C)(C)c4cc5c(c(CN6CCN(CCOC)CC6)c42)OC(C)C(C)O5)OC2=C(O3)C(C#N)C=C(C)C2C#N)CC1. The van der Waals surface area contributed by atoms with Gasteiger partial charge in [-0.05, 0) is 78.8 Å². The van der Waals surface area contributed by atoms with Crippen molar-refractivity contribution in [3.8, 4) is 35.1 Å². The van der Waals surface area contributed by atoms with Crippen LogP contribution in [0.1, 0.15) is 164 Å². The molecule has 4 aliphatic heterocycles. The van der Waals surface area contributed by atoms with Crippen LogP contribution in [0.25, 0.3) is 0 Å². The summed E-state index contributed by atoms with van der Waals surface area (Å²) >= 11 is 0. The summed E-state index contributed by atoms with van der Waals surface area (Å²) in [6.07, 6.45) is 3.53. The Morgan fingerprint density at radius 2 is 1.01 bits per heavy atom. The molecule has 12 heteroatoms. The number of hydrogen-bond acceptors (Lipinski definition) is 12. The van der Waals surface area contributed by atoms with Crippen molar-refractivity contribution in [2.45, 2.75) is 172 Å². The van der Waals surface area contributed by atoms with E-state index in [-0.39, 0.29) is 28.5 Å². The lowest BCUT2D eigenvalue weighted by Gasteiger charge is -2.40. The van der Waals surface area contributed by atoms with E-state index in [1.165, 1.54) is 27.8 Å². The molecule has 12 nitrogen and oxygen atoms in total. The van der Waals surface area contributed by atoms with Crippen LogP contribution in [0.2, 0.25) is 0 Å². The van der Waals surface area contributed by atoms with E-state index in [1.807, 2.05) is 82.2 Å². The van der Waals surface area contributed by atoms with Crippen molar-refractivity contribution in [1.29, 1.82) is 10.5 Å². The number of nitrogens with zero attached hydrogens (tertiary/aromatic N) is 6. The Labute approximate surface area is 437 Å². The molecule has 7 aliphatic rings. The molecule has 0 amide bonds. The summed E-state index contributed by atoms with van der Waals surface area (Å²) in [6, 6.07) is 9.44. The minimum atomic E-state index is -0.653. The minimum Gasteiger partial charge on any atom is -0.483 e. The molecule has 0 bridgehead atoms. The topological polar surface area (TPSA) is 116 Å². The third-order valence-electron chi connectivity index (χ3n) is 15.2. The summed E-state index contributed by atoms with van der Waals surface area (Å²) in [5.41, 5.74) is 7.72. The van der Waals surface area contributed by atoms with E-state index in [9.17, 15) is 10.5 Å². The van der Waals surface area contributed by atoms with Crippen molar-refractivity contribution >= 4 is 0 Å². The largest absolute Gasteiger partial charge is 0.483 e. The van der Waals surface area contributed by atoms with Crippen molar-refractivity contribution < 1.29 is 28.4 Å².